The molecule has 1 aliphatic rings. The van der Waals surface area contributed by atoms with Crippen molar-refractivity contribution in [1.82, 2.24) is 10.3 Å². The molecule has 5 N–H and O–H groups in total. The summed E-state index contributed by atoms with van der Waals surface area (Å²) in [6, 6.07) is 25.8. The Morgan fingerprint density at radius 3 is 2.27 bits per heavy atom. The van der Waals surface area contributed by atoms with Crippen LogP contribution in [0.5, 0.6) is 0 Å². The number of amides is 1. The maximum atomic E-state index is 15.1. The number of pyridine rings is 1. The predicted molar refractivity (Wildman–Crippen MR) is 153 cm³/mol. The van der Waals surface area contributed by atoms with Crippen molar-refractivity contribution in [3.05, 3.63) is 119 Å². The number of anilines is 1. The van der Waals surface area contributed by atoms with Gasteiger partial charge in [-0.3, -0.25) is 4.79 Å². The van der Waals surface area contributed by atoms with Crippen LogP contribution in [0.15, 0.2) is 85.1 Å². The van der Waals surface area contributed by atoms with Gasteiger partial charge < -0.3 is 21.5 Å². The van der Waals surface area contributed by atoms with Crippen molar-refractivity contribution in [1.29, 1.82) is 5.26 Å². The van der Waals surface area contributed by atoms with Crippen molar-refractivity contribution in [2.24, 2.45) is 5.73 Å². The van der Waals surface area contributed by atoms with Crippen LogP contribution in [-0.4, -0.2) is 24.1 Å². The maximum absolute atomic E-state index is 15.1. The van der Waals surface area contributed by atoms with Gasteiger partial charge in [0.25, 0.3) is 5.91 Å². The molecule has 3 aromatic carbocycles. The van der Waals surface area contributed by atoms with Crippen LogP contribution >= 0.6 is 0 Å². The molecule has 1 aromatic heterocycles. The fourth-order valence-corrected chi connectivity index (χ4v) is 4.54. The molecule has 0 saturated carbocycles. The molecule has 204 valence electrons. The first-order valence-electron chi connectivity index (χ1n) is 13.1. The fraction of sp³-hybridized carbons (Fsp3) is 0.219. The minimum Gasteiger partial charge on any atom is -0.383 e. The van der Waals surface area contributed by atoms with Crippen LogP contribution in [0.2, 0.25) is 0 Å². The molecule has 0 radical (unpaired) electrons. The van der Waals surface area contributed by atoms with E-state index in [0.717, 1.165) is 24.0 Å². The van der Waals surface area contributed by atoms with E-state index in [2.05, 4.69) is 10.3 Å². The number of nitrogens with zero attached hydrogens (tertiary/aromatic N) is 2. The lowest BCUT2D eigenvalue weighted by molar-refractivity contribution is 0.0853. The topological polar surface area (TPSA) is 127 Å². The van der Waals surface area contributed by atoms with Crippen LogP contribution < -0.4 is 16.8 Å². The van der Waals surface area contributed by atoms with Gasteiger partial charge in [0.2, 0.25) is 0 Å². The van der Waals surface area contributed by atoms with E-state index in [0.29, 0.717) is 36.8 Å². The largest absolute Gasteiger partial charge is 0.383 e. The summed E-state index contributed by atoms with van der Waals surface area (Å²) in [5, 5.41) is 12.3. The number of aromatic nitrogens is 1. The summed E-state index contributed by atoms with van der Waals surface area (Å²) in [6.45, 7) is 2.24. The summed E-state index contributed by atoms with van der Waals surface area (Å²) >= 11 is 0. The van der Waals surface area contributed by atoms with Gasteiger partial charge in [-0.05, 0) is 59.2 Å². The SMILES string of the molecule is N#Cc1cc(-c2cc(C3CCOCC3)cnc2N)cc(F)c1C(=O)NCc1ccccc1.NCc1ccccc1. The van der Waals surface area contributed by atoms with E-state index in [-0.39, 0.29) is 23.5 Å². The first kappa shape index (κ1) is 28.4. The molecule has 4 aromatic rings. The lowest BCUT2D eigenvalue weighted by atomic mass is 9.90. The highest BCUT2D eigenvalue weighted by Crippen LogP contribution is 2.33. The van der Waals surface area contributed by atoms with Crippen molar-refractivity contribution in [3.8, 4) is 17.2 Å². The summed E-state index contributed by atoms with van der Waals surface area (Å²) < 4.78 is 20.5. The van der Waals surface area contributed by atoms with Crippen LogP contribution in [0, 0.1) is 17.1 Å². The molecule has 8 heteroatoms. The smallest absolute Gasteiger partial charge is 0.255 e. The van der Waals surface area contributed by atoms with Crippen LogP contribution in [0.25, 0.3) is 11.1 Å². The lowest BCUT2D eigenvalue weighted by Gasteiger charge is -2.23. The molecule has 0 spiro atoms. The second-order valence-electron chi connectivity index (χ2n) is 9.44. The van der Waals surface area contributed by atoms with Crippen molar-refractivity contribution in [3.63, 3.8) is 0 Å². The van der Waals surface area contributed by atoms with Gasteiger partial charge >= 0.3 is 0 Å². The average molecular weight is 538 g/mol. The summed E-state index contributed by atoms with van der Waals surface area (Å²) in [6.07, 6.45) is 3.49. The molecule has 40 heavy (non-hydrogen) atoms. The Balaban J connectivity index is 0.000000398. The second-order valence-corrected chi connectivity index (χ2v) is 9.44. The van der Waals surface area contributed by atoms with E-state index < -0.39 is 11.7 Å². The minimum absolute atomic E-state index is 0.0542. The number of benzene rings is 3. The normalized spacial score (nSPS) is 13.0. The number of nitrogen functional groups attached to an aromatic ring is 1. The van der Waals surface area contributed by atoms with E-state index >= 15 is 4.39 Å². The first-order valence-corrected chi connectivity index (χ1v) is 13.1. The van der Waals surface area contributed by atoms with Gasteiger partial charge in [0, 0.05) is 38.1 Å². The second kappa shape index (κ2) is 14.0. The molecule has 2 heterocycles. The van der Waals surface area contributed by atoms with Crippen LogP contribution in [-0.2, 0) is 17.8 Å². The molecule has 7 nitrogen and oxygen atoms in total. The summed E-state index contributed by atoms with van der Waals surface area (Å²) in [5.74, 6) is -0.888. The fourth-order valence-electron chi connectivity index (χ4n) is 4.54. The maximum Gasteiger partial charge on any atom is 0.255 e. The Hall–Kier alpha value is -4.58. The van der Waals surface area contributed by atoms with Gasteiger partial charge in [0.1, 0.15) is 17.7 Å². The number of halogens is 1. The quantitative estimate of drug-likeness (QED) is 0.306. The van der Waals surface area contributed by atoms with Gasteiger partial charge in [-0.25, -0.2) is 9.37 Å². The Labute approximate surface area is 233 Å². The van der Waals surface area contributed by atoms with Gasteiger partial charge in [-0.15, -0.1) is 0 Å². The Kier molecular flexibility index (Phi) is 9.94. The van der Waals surface area contributed by atoms with E-state index in [1.807, 2.05) is 72.8 Å². The molecule has 5 rings (SSSR count). The number of nitrogens with one attached hydrogen (secondary N) is 1. The first-order chi connectivity index (χ1) is 19.5. The zero-order valence-corrected chi connectivity index (χ0v) is 22.1. The predicted octanol–water partition coefficient (Wildman–Crippen LogP) is 5.31. The number of nitrogens with two attached hydrogens (primary N) is 2. The van der Waals surface area contributed by atoms with Crippen LogP contribution in [0.4, 0.5) is 10.2 Å². The molecule has 0 bridgehead atoms. The molecular formula is C32H32FN5O2. The lowest BCUT2D eigenvalue weighted by Crippen LogP contribution is -2.25. The third-order valence-corrected chi connectivity index (χ3v) is 6.76. The molecule has 1 saturated heterocycles. The zero-order chi connectivity index (χ0) is 28.3. The Morgan fingerprint density at radius 1 is 1.02 bits per heavy atom. The summed E-state index contributed by atoms with van der Waals surface area (Å²) in [5.41, 5.74) is 15.1. The Bertz CT molecular complexity index is 1470. The Morgan fingerprint density at radius 2 is 1.68 bits per heavy atom. The number of nitriles is 1. The van der Waals surface area contributed by atoms with Gasteiger partial charge in [0.05, 0.1) is 11.1 Å². The van der Waals surface area contributed by atoms with Crippen molar-refractivity contribution in [2.45, 2.75) is 31.8 Å². The molecule has 1 fully saturated rings. The number of ether oxygens (including phenoxy) is 1. The van der Waals surface area contributed by atoms with Gasteiger partial charge in [0.15, 0.2) is 0 Å². The van der Waals surface area contributed by atoms with E-state index in [1.54, 1.807) is 6.20 Å². The van der Waals surface area contributed by atoms with Crippen LogP contribution in [0.3, 0.4) is 0 Å². The third kappa shape index (κ3) is 7.29. The van der Waals surface area contributed by atoms with Crippen molar-refractivity contribution in [2.75, 3.05) is 18.9 Å². The van der Waals surface area contributed by atoms with E-state index in [4.69, 9.17) is 16.2 Å². The van der Waals surface area contributed by atoms with E-state index in [9.17, 15) is 10.1 Å². The number of carbonyl (C=O) groups excluding carboxylic acids is 1. The standard InChI is InChI=1S/C25H23FN4O2.C7H9N/c26-22-12-18(21-11-20(15-29-24(21)28)17-6-8-32-9-7-17)10-19(13-27)23(22)25(31)30-14-16-4-2-1-3-5-16;8-6-7-4-2-1-3-5-7/h1-5,10-12,15,17H,6-9,14H2,(H2,28,29)(H,30,31);1-5H,6,8H2. The monoisotopic (exact) mass is 537 g/mol. The minimum atomic E-state index is -0.777. The zero-order valence-electron chi connectivity index (χ0n) is 22.1. The van der Waals surface area contributed by atoms with Crippen molar-refractivity contribution >= 4 is 11.7 Å². The van der Waals surface area contributed by atoms with Gasteiger partial charge in [-0.2, -0.15) is 5.26 Å². The summed E-state index contributed by atoms with van der Waals surface area (Å²) in [4.78, 5) is 16.9. The van der Waals surface area contributed by atoms with Crippen LogP contribution in [0.1, 0.15) is 51.4 Å². The molecule has 0 unspecified atom stereocenters. The highest BCUT2D eigenvalue weighted by molar-refractivity contribution is 5.97. The number of hydrogen-bond acceptors (Lipinski definition) is 6. The van der Waals surface area contributed by atoms with E-state index in [1.165, 1.54) is 17.7 Å². The highest BCUT2D eigenvalue weighted by atomic mass is 19.1. The number of carbonyl (C=O) groups is 1. The molecule has 0 aliphatic carbocycles. The molecular weight excluding hydrogens is 505 g/mol. The molecule has 1 aliphatic heterocycles. The summed E-state index contributed by atoms with van der Waals surface area (Å²) in [7, 11) is 0. The van der Waals surface area contributed by atoms with Gasteiger partial charge in [-0.1, -0.05) is 60.7 Å². The molecule has 1 amide bonds. The number of hydrogen-bond donors (Lipinski definition) is 3. The third-order valence-electron chi connectivity index (χ3n) is 6.76. The average Bonchev–Trinajstić information content (AvgIpc) is 3.01. The number of rotatable bonds is 6. The highest BCUT2D eigenvalue weighted by Gasteiger charge is 2.22. The van der Waals surface area contributed by atoms with Crippen molar-refractivity contribution < 1.29 is 13.9 Å². The molecule has 0 atom stereocenters.